The fraction of sp³-hybridized carbons (Fsp3) is 0.400. The highest BCUT2D eigenvalue weighted by atomic mass is 79.9. The van der Waals surface area contributed by atoms with Crippen LogP contribution in [-0.2, 0) is 0 Å². The highest BCUT2D eigenvalue weighted by molar-refractivity contribution is 9.11. The molecule has 1 heterocycles. The second kappa shape index (κ2) is 9.02. The van der Waals surface area contributed by atoms with E-state index in [1.165, 1.54) is 56.7 Å². The van der Waals surface area contributed by atoms with Crippen LogP contribution < -0.4 is 4.90 Å². The number of hydrogen-bond donors (Lipinski definition) is 0. The zero-order valence-corrected chi connectivity index (χ0v) is 17.1. The second-order valence-corrected chi connectivity index (χ2v) is 8.02. The van der Waals surface area contributed by atoms with Gasteiger partial charge in [0.15, 0.2) is 0 Å². The fourth-order valence-electron chi connectivity index (χ4n) is 3.35. The van der Waals surface area contributed by atoms with E-state index < -0.39 is 0 Å². The Bertz CT molecular complexity index is 608. The molecule has 0 atom stereocenters. The van der Waals surface area contributed by atoms with Crippen molar-refractivity contribution in [3.8, 4) is 0 Å². The largest absolute Gasteiger partial charge is 0.340 e. The lowest BCUT2D eigenvalue weighted by atomic mass is 10.1. The summed E-state index contributed by atoms with van der Waals surface area (Å²) in [6, 6.07) is 16.9. The predicted molar refractivity (Wildman–Crippen MR) is 110 cm³/mol. The monoisotopic (exact) mass is 450 g/mol. The summed E-state index contributed by atoms with van der Waals surface area (Å²) in [6.07, 6.45) is 5.29. The number of rotatable bonds is 6. The Morgan fingerprint density at radius 2 is 1.33 bits per heavy atom. The van der Waals surface area contributed by atoms with Crippen molar-refractivity contribution >= 4 is 43.2 Å². The van der Waals surface area contributed by atoms with Gasteiger partial charge in [-0.25, -0.2) is 0 Å². The van der Waals surface area contributed by atoms with Crippen molar-refractivity contribution < 1.29 is 0 Å². The maximum atomic E-state index is 3.72. The Labute approximate surface area is 162 Å². The number of para-hydroxylation sites is 2. The van der Waals surface area contributed by atoms with Gasteiger partial charge in [-0.3, -0.25) is 0 Å². The van der Waals surface area contributed by atoms with Gasteiger partial charge in [-0.15, -0.1) is 0 Å². The number of benzene rings is 2. The maximum Gasteiger partial charge on any atom is 0.0555 e. The molecule has 0 N–H and O–H groups in total. The lowest BCUT2D eigenvalue weighted by Crippen LogP contribution is -2.32. The van der Waals surface area contributed by atoms with Crippen LogP contribution in [0.4, 0.5) is 11.4 Å². The summed E-state index contributed by atoms with van der Waals surface area (Å²) >= 11 is 7.44. The topological polar surface area (TPSA) is 6.48 Å². The summed E-state index contributed by atoms with van der Waals surface area (Å²) < 4.78 is 2.28. The Hall–Kier alpha value is -0.840. The van der Waals surface area contributed by atoms with Gasteiger partial charge in [-0.2, -0.15) is 0 Å². The molecule has 2 nitrogen and oxygen atoms in total. The van der Waals surface area contributed by atoms with Crippen molar-refractivity contribution in [3.05, 3.63) is 57.5 Å². The third kappa shape index (κ3) is 4.62. The lowest BCUT2D eigenvalue weighted by Gasteiger charge is -2.30. The van der Waals surface area contributed by atoms with Crippen LogP contribution in [0.2, 0.25) is 0 Å². The van der Waals surface area contributed by atoms with E-state index >= 15 is 0 Å². The van der Waals surface area contributed by atoms with Crippen molar-refractivity contribution in [2.24, 2.45) is 0 Å². The molecule has 0 aliphatic carbocycles. The van der Waals surface area contributed by atoms with E-state index in [4.69, 9.17) is 0 Å². The van der Waals surface area contributed by atoms with Crippen molar-refractivity contribution in [1.82, 2.24) is 4.90 Å². The van der Waals surface area contributed by atoms with Crippen LogP contribution >= 0.6 is 31.9 Å². The first-order chi connectivity index (χ1) is 11.8. The van der Waals surface area contributed by atoms with Gasteiger partial charge >= 0.3 is 0 Å². The average Bonchev–Trinajstić information content (AvgIpc) is 2.61. The van der Waals surface area contributed by atoms with E-state index in [-0.39, 0.29) is 0 Å². The minimum atomic E-state index is 1.02. The molecule has 1 fully saturated rings. The molecule has 2 aromatic rings. The number of nitrogens with zero attached hydrogens (tertiary/aromatic N) is 2. The quantitative estimate of drug-likeness (QED) is 0.513. The number of likely N-dealkylation sites (tertiary alicyclic amines) is 1. The minimum absolute atomic E-state index is 1.02. The van der Waals surface area contributed by atoms with Crippen LogP contribution in [0.3, 0.4) is 0 Å². The molecule has 0 radical (unpaired) electrons. The van der Waals surface area contributed by atoms with Crippen LogP contribution in [0.15, 0.2) is 57.5 Å². The third-order valence-corrected chi connectivity index (χ3v) is 5.93. The Morgan fingerprint density at radius 1 is 0.792 bits per heavy atom. The lowest BCUT2D eigenvalue weighted by molar-refractivity contribution is 0.227. The maximum absolute atomic E-state index is 3.72. The number of piperidine rings is 1. The second-order valence-electron chi connectivity index (χ2n) is 6.31. The van der Waals surface area contributed by atoms with Gasteiger partial charge in [-0.05, 0) is 95.0 Å². The normalized spacial score (nSPS) is 15.4. The van der Waals surface area contributed by atoms with Gasteiger partial charge in [0.25, 0.3) is 0 Å². The van der Waals surface area contributed by atoms with E-state index in [0.29, 0.717) is 0 Å². The summed E-state index contributed by atoms with van der Waals surface area (Å²) in [4.78, 5) is 5.03. The van der Waals surface area contributed by atoms with Crippen LogP contribution in [0.1, 0.15) is 25.7 Å². The van der Waals surface area contributed by atoms with E-state index in [1.54, 1.807) is 0 Å². The molecule has 1 aliphatic rings. The number of halogens is 2. The van der Waals surface area contributed by atoms with Gasteiger partial charge < -0.3 is 9.80 Å². The fourth-order valence-corrected chi connectivity index (χ4v) is 4.35. The highest BCUT2D eigenvalue weighted by Gasteiger charge is 2.16. The van der Waals surface area contributed by atoms with Crippen LogP contribution in [0.5, 0.6) is 0 Å². The summed E-state index contributed by atoms with van der Waals surface area (Å²) in [5, 5.41) is 0. The molecule has 0 aromatic heterocycles. The van der Waals surface area contributed by atoms with Crippen molar-refractivity contribution in [1.29, 1.82) is 0 Å². The van der Waals surface area contributed by atoms with E-state index in [0.717, 1.165) is 15.5 Å². The van der Waals surface area contributed by atoms with E-state index in [1.807, 2.05) is 0 Å². The predicted octanol–water partition coefficient (Wildman–Crippen LogP) is 6.23. The number of anilines is 2. The smallest absolute Gasteiger partial charge is 0.0555 e. The standard InChI is InChI=1S/C20H24Br2N2/c21-17-9-2-4-11-19(17)24(20-12-5-3-10-18(20)22)16-8-15-23-13-6-1-7-14-23/h2-5,9-12H,1,6-8,13-16H2. The molecule has 1 aliphatic heterocycles. The molecule has 0 amide bonds. The first-order valence-electron chi connectivity index (χ1n) is 8.74. The summed E-state index contributed by atoms with van der Waals surface area (Å²) in [5.41, 5.74) is 2.45. The summed E-state index contributed by atoms with van der Waals surface area (Å²) in [5.74, 6) is 0. The zero-order valence-electron chi connectivity index (χ0n) is 13.9. The van der Waals surface area contributed by atoms with Crippen LogP contribution in [0.25, 0.3) is 0 Å². The van der Waals surface area contributed by atoms with Gasteiger partial charge in [0.05, 0.1) is 11.4 Å². The summed E-state index contributed by atoms with van der Waals surface area (Å²) in [7, 11) is 0. The molecule has 2 aromatic carbocycles. The molecule has 3 rings (SSSR count). The highest BCUT2D eigenvalue weighted by Crippen LogP contribution is 2.36. The zero-order chi connectivity index (χ0) is 16.8. The van der Waals surface area contributed by atoms with Crippen LogP contribution in [0, 0.1) is 0 Å². The molecule has 24 heavy (non-hydrogen) atoms. The third-order valence-electron chi connectivity index (χ3n) is 4.59. The van der Waals surface area contributed by atoms with Crippen molar-refractivity contribution in [2.75, 3.05) is 31.1 Å². The van der Waals surface area contributed by atoms with Crippen molar-refractivity contribution in [3.63, 3.8) is 0 Å². The van der Waals surface area contributed by atoms with Gasteiger partial charge in [0.2, 0.25) is 0 Å². The van der Waals surface area contributed by atoms with Gasteiger partial charge in [0, 0.05) is 15.5 Å². The molecule has 128 valence electrons. The molecule has 0 saturated carbocycles. The molecule has 0 spiro atoms. The van der Waals surface area contributed by atoms with E-state index in [2.05, 4.69) is 90.2 Å². The van der Waals surface area contributed by atoms with Crippen molar-refractivity contribution in [2.45, 2.75) is 25.7 Å². The molecular formula is C20H24Br2N2. The first-order valence-corrected chi connectivity index (χ1v) is 10.3. The molecule has 0 unspecified atom stereocenters. The van der Waals surface area contributed by atoms with E-state index in [9.17, 15) is 0 Å². The van der Waals surface area contributed by atoms with Gasteiger partial charge in [0.1, 0.15) is 0 Å². The van der Waals surface area contributed by atoms with Crippen LogP contribution in [-0.4, -0.2) is 31.1 Å². The number of hydrogen-bond acceptors (Lipinski definition) is 2. The molecule has 1 saturated heterocycles. The molecule has 4 heteroatoms. The summed E-state index contributed by atoms with van der Waals surface area (Å²) in [6.45, 7) is 4.74. The Kier molecular flexibility index (Phi) is 6.75. The SMILES string of the molecule is Brc1ccccc1N(CCCN1CCCCC1)c1ccccc1Br. The van der Waals surface area contributed by atoms with Gasteiger partial charge in [-0.1, -0.05) is 30.7 Å². The molecule has 0 bridgehead atoms. The molecular weight excluding hydrogens is 428 g/mol. The average molecular weight is 452 g/mol. The Balaban J connectivity index is 1.75. The Morgan fingerprint density at radius 3 is 1.88 bits per heavy atom. The minimum Gasteiger partial charge on any atom is -0.340 e. The first kappa shape index (κ1) is 18.0.